The molecule has 11 heteroatoms. The first-order valence-electron chi connectivity index (χ1n) is 14.0. The maximum absolute atomic E-state index is 11.9. The van der Waals surface area contributed by atoms with Crippen molar-refractivity contribution < 1.29 is 9.63 Å². The van der Waals surface area contributed by atoms with E-state index < -0.39 is 11.4 Å². The van der Waals surface area contributed by atoms with Crippen LogP contribution in [0.1, 0.15) is 77.1 Å². The molecular weight excluding hydrogens is 496 g/mol. The predicted octanol–water partition coefficient (Wildman–Crippen LogP) is 4.25. The third kappa shape index (κ3) is 4.95. The maximum Gasteiger partial charge on any atom is 0.439 e. The molecule has 0 spiro atoms. The molecule has 0 aromatic carbocycles. The van der Waals surface area contributed by atoms with Gasteiger partial charge < -0.3 is 15.0 Å². The fourth-order valence-corrected chi connectivity index (χ4v) is 5.94. The Hall–Kier alpha value is -3.60. The third-order valence-corrected chi connectivity index (χ3v) is 8.71. The Kier molecular flexibility index (Phi) is 6.70. The van der Waals surface area contributed by atoms with E-state index in [0.717, 1.165) is 24.3 Å². The zero-order chi connectivity index (χ0) is 27.1. The van der Waals surface area contributed by atoms with Gasteiger partial charge in [-0.25, -0.2) is 19.7 Å². The minimum atomic E-state index is -1.42. The highest BCUT2D eigenvalue weighted by atomic mass is 16.5. The summed E-state index contributed by atoms with van der Waals surface area (Å²) < 4.78 is 6.84. The normalized spacial score (nSPS) is 22.4. The SMILES string of the molecule is C[C@@H](Nc1nc(-c2noc(=O)[nH]2)nc2nc(C(C)(O)c3cccnc3)n(C[C@H]3CC[C@H](C)CC3)c12)C1CCC1. The van der Waals surface area contributed by atoms with Crippen molar-refractivity contribution in [2.75, 3.05) is 5.32 Å². The van der Waals surface area contributed by atoms with Gasteiger partial charge >= 0.3 is 5.76 Å². The molecule has 4 heterocycles. The lowest BCUT2D eigenvalue weighted by atomic mass is 9.80. The van der Waals surface area contributed by atoms with E-state index in [1.807, 2.05) is 12.1 Å². The quantitative estimate of drug-likeness (QED) is 0.303. The van der Waals surface area contributed by atoms with E-state index in [1.165, 1.54) is 32.1 Å². The van der Waals surface area contributed by atoms with Crippen molar-refractivity contribution in [1.82, 2.24) is 34.6 Å². The molecule has 6 rings (SSSR count). The van der Waals surface area contributed by atoms with Gasteiger partial charge in [0.15, 0.2) is 11.5 Å². The van der Waals surface area contributed by atoms with Crippen LogP contribution in [0.25, 0.3) is 22.8 Å². The summed E-state index contributed by atoms with van der Waals surface area (Å²) in [4.78, 5) is 32.9. The molecule has 0 radical (unpaired) electrons. The summed E-state index contributed by atoms with van der Waals surface area (Å²) in [5.41, 5.74) is 0.394. The number of hydrogen-bond acceptors (Lipinski definition) is 9. The number of H-pyrrole nitrogens is 1. The second kappa shape index (κ2) is 10.2. The van der Waals surface area contributed by atoms with Crippen LogP contribution >= 0.6 is 0 Å². The van der Waals surface area contributed by atoms with Crippen LogP contribution in [0.3, 0.4) is 0 Å². The van der Waals surface area contributed by atoms with Crippen molar-refractivity contribution >= 4 is 17.0 Å². The van der Waals surface area contributed by atoms with Gasteiger partial charge in [-0.05, 0) is 63.4 Å². The summed E-state index contributed by atoms with van der Waals surface area (Å²) in [7, 11) is 0. The van der Waals surface area contributed by atoms with Crippen LogP contribution in [0, 0.1) is 17.8 Å². The smallest absolute Gasteiger partial charge is 0.377 e. The Morgan fingerprint density at radius 2 is 2.00 bits per heavy atom. The number of nitrogens with zero attached hydrogens (tertiary/aromatic N) is 6. The van der Waals surface area contributed by atoms with Gasteiger partial charge in [0, 0.05) is 30.5 Å². The van der Waals surface area contributed by atoms with Gasteiger partial charge in [0.2, 0.25) is 11.6 Å². The van der Waals surface area contributed by atoms with Crippen LogP contribution in [-0.4, -0.2) is 45.8 Å². The minimum absolute atomic E-state index is 0.137. The molecule has 2 atom stereocenters. The molecule has 0 saturated heterocycles. The number of fused-ring (bicyclic) bond motifs is 1. The van der Waals surface area contributed by atoms with E-state index in [0.29, 0.717) is 41.2 Å². The molecule has 206 valence electrons. The molecule has 1 unspecified atom stereocenters. The highest BCUT2D eigenvalue weighted by molar-refractivity contribution is 5.86. The van der Waals surface area contributed by atoms with Crippen molar-refractivity contribution in [2.24, 2.45) is 17.8 Å². The number of hydrogen-bond donors (Lipinski definition) is 3. The van der Waals surface area contributed by atoms with Gasteiger partial charge in [0.05, 0.1) is 0 Å². The lowest BCUT2D eigenvalue weighted by Gasteiger charge is -2.33. The van der Waals surface area contributed by atoms with E-state index in [9.17, 15) is 9.90 Å². The zero-order valence-electron chi connectivity index (χ0n) is 22.7. The first kappa shape index (κ1) is 25.7. The van der Waals surface area contributed by atoms with Gasteiger partial charge in [-0.3, -0.25) is 14.5 Å². The molecule has 0 bridgehead atoms. The zero-order valence-corrected chi connectivity index (χ0v) is 22.7. The molecule has 4 aromatic heterocycles. The number of rotatable bonds is 8. The molecular formula is C28H36N8O3. The van der Waals surface area contributed by atoms with Crippen molar-refractivity contribution in [1.29, 1.82) is 0 Å². The van der Waals surface area contributed by atoms with Crippen LogP contribution in [0.4, 0.5) is 5.82 Å². The van der Waals surface area contributed by atoms with Crippen LogP contribution < -0.4 is 11.1 Å². The van der Waals surface area contributed by atoms with Crippen LogP contribution in [0.15, 0.2) is 33.8 Å². The van der Waals surface area contributed by atoms with Crippen molar-refractivity contribution in [3.63, 3.8) is 0 Å². The fraction of sp³-hybridized carbons (Fsp3) is 0.571. The molecule has 0 aliphatic heterocycles. The van der Waals surface area contributed by atoms with Gasteiger partial charge in [-0.2, -0.15) is 0 Å². The second-order valence-corrected chi connectivity index (χ2v) is 11.6. The lowest BCUT2D eigenvalue weighted by molar-refractivity contribution is 0.0862. The summed E-state index contributed by atoms with van der Waals surface area (Å²) in [5, 5.41) is 19.4. The number of imidazole rings is 1. The molecule has 2 saturated carbocycles. The van der Waals surface area contributed by atoms with Crippen LogP contribution in [0.5, 0.6) is 0 Å². The molecule has 39 heavy (non-hydrogen) atoms. The average molecular weight is 533 g/mol. The molecule has 2 fully saturated rings. The molecule has 0 amide bonds. The van der Waals surface area contributed by atoms with Crippen LogP contribution in [-0.2, 0) is 12.1 Å². The highest BCUT2D eigenvalue weighted by Crippen LogP contribution is 2.38. The summed E-state index contributed by atoms with van der Waals surface area (Å²) >= 11 is 0. The van der Waals surface area contributed by atoms with Crippen molar-refractivity contribution in [3.05, 3.63) is 46.5 Å². The second-order valence-electron chi connectivity index (χ2n) is 11.6. The monoisotopic (exact) mass is 532 g/mol. The third-order valence-electron chi connectivity index (χ3n) is 8.71. The topological polar surface area (TPSA) is 148 Å². The first-order chi connectivity index (χ1) is 18.8. The molecule has 11 nitrogen and oxygen atoms in total. The van der Waals surface area contributed by atoms with E-state index in [4.69, 9.17) is 19.5 Å². The number of aromatic amines is 1. The van der Waals surface area contributed by atoms with Crippen LogP contribution in [0.2, 0.25) is 0 Å². The largest absolute Gasteiger partial charge is 0.439 e. The molecule has 2 aliphatic carbocycles. The van der Waals surface area contributed by atoms with E-state index >= 15 is 0 Å². The molecule has 2 aliphatic rings. The lowest BCUT2D eigenvalue weighted by Crippen LogP contribution is -2.32. The average Bonchev–Trinajstić information content (AvgIpc) is 3.49. The van der Waals surface area contributed by atoms with Crippen molar-refractivity contribution in [3.8, 4) is 11.6 Å². The van der Waals surface area contributed by atoms with E-state index in [2.05, 4.69) is 38.9 Å². The summed E-state index contributed by atoms with van der Waals surface area (Å²) in [6.07, 6.45) is 11.6. The molecule has 3 N–H and O–H groups in total. The minimum Gasteiger partial charge on any atom is -0.377 e. The number of nitrogens with one attached hydrogen (secondary N) is 2. The van der Waals surface area contributed by atoms with Gasteiger partial charge in [0.1, 0.15) is 16.9 Å². The number of anilines is 1. The van der Waals surface area contributed by atoms with E-state index in [-0.39, 0.29) is 17.7 Å². The Labute approximate surface area is 226 Å². The number of pyridine rings is 1. The maximum atomic E-state index is 11.9. The fourth-order valence-electron chi connectivity index (χ4n) is 5.94. The highest BCUT2D eigenvalue weighted by Gasteiger charge is 2.36. The Morgan fingerprint density at radius 1 is 1.21 bits per heavy atom. The van der Waals surface area contributed by atoms with Gasteiger partial charge in [-0.15, -0.1) is 0 Å². The number of aliphatic hydroxyl groups is 1. The number of aromatic nitrogens is 7. The van der Waals surface area contributed by atoms with Gasteiger partial charge in [-0.1, -0.05) is 37.4 Å². The predicted molar refractivity (Wildman–Crippen MR) is 146 cm³/mol. The molecule has 4 aromatic rings. The summed E-state index contributed by atoms with van der Waals surface area (Å²) in [6.45, 7) is 6.93. The Balaban J connectivity index is 1.53. The standard InChI is InChI=1S/C28H36N8O3/c1-16-9-11-18(12-10-16)15-36-21-22(30-17(2)19-6-4-7-19)31-24(25-34-27(37)39-35-25)32-23(21)33-26(36)28(3,38)20-8-5-13-29-14-20/h5,8,13-14,16-19,38H,4,6-7,9-12,15H2,1-3H3,(H,30,31,32)(H,34,35,37)/t16-,17-,18-,28?/m1/s1. The Bertz CT molecular complexity index is 1500. The first-order valence-corrected chi connectivity index (χ1v) is 14.0. The summed E-state index contributed by atoms with van der Waals surface area (Å²) in [5.74, 6) is 2.51. The summed E-state index contributed by atoms with van der Waals surface area (Å²) in [6, 6.07) is 3.85. The van der Waals surface area contributed by atoms with Crippen molar-refractivity contribution in [2.45, 2.75) is 83.9 Å². The van der Waals surface area contributed by atoms with Gasteiger partial charge in [0.25, 0.3) is 0 Å². The Morgan fingerprint density at radius 3 is 2.64 bits per heavy atom. The van der Waals surface area contributed by atoms with E-state index in [1.54, 1.807) is 19.3 Å².